The molecule has 0 radical (unpaired) electrons. The van der Waals surface area contributed by atoms with Crippen molar-refractivity contribution in [2.24, 2.45) is 0 Å². The number of pyridine rings is 1. The number of nitrogens with zero attached hydrogens (tertiary/aromatic N) is 2. The zero-order valence-electron chi connectivity index (χ0n) is 14.6. The number of morpholine rings is 1. The third-order valence-corrected chi connectivity index (χ3v) is 6.13. The van der Waals surface area contributed by atoms with E-state index in [1.807, 2.05) is 6.07 Å². The fourth-order valence-electron chi connectivity index (χ4n) is 2.81. The van der Waals surface area contributed by atoms with Crippen LogP contribution in [0, 0.1) is 5.41 Å². The minimum absolute atomic E-state index is 0.000127. The smallest absolute Gasteiger partial charge is 0.178 e. The van der Waals surface area contributed by atoms with Crippen LogP contribution in [0.25, 0.3) is 0 Å². The summed E-state index contributed by atoms with van der Waals surface area (Å²) in [6.07, 6.45) is 1.65. The van der Waals surface area contributed by atoms with E-state index in [4.69, 9.17) is 15.9 Å². The van der Waals surface area contributed by atoms with Gasteiger partial charge < -0.3 is 15.4 Å². The van der Waals surface area contributed by atoms with Crippen LogP contribution in [0.15, 0.2) is 41.4 Å². The Hall–Kier alpha value is -2.45. The van der Waals surface area contributed by atoms with Crippen LogP contribution in [0.1, 0.15) is 18.1 Å². The van der Waals surface area contributed by atoms with Crippen molar-refractivity contribution < 1.29 is 13.2 Å². The molecule has 7 nitrogen and oxygen atoms in total. The number of nitrogens with one attached hydrogen (secondary N) is 1. The zero-order chi connectivity index (χ0) is 18.7. The Bertz CT molecular complexity index is 922. The summed E-state index contributed by atoms with van der Waals surface area (Å²) in [5, 5.41) is 8.53. The molecule has 2 aromatic rings. The summed E-state index contributed by atoms with van der Waals surface area (Å²) >= 11 is 0. The molecular weight excluding hydrogens is 352 g/mol. The van der Waals surface area contributed by atoms with Gasteiger partial charge in [-0.25, -0.2) is 13.4 Å². The molecule has 8 heteroatoms. The van der Waals surface area contributed by atoms with Gasteiger partial charge in [0, 0.05) is 36.1 Å². The summed E-state index contributed by atoms with van der Waals surface area (Å²) in [7, 11) is -3.37. The first kappa shape index (κ1) is 18.3. The van der Waals surface area contributed by atoms with Crippen LogP contribution in [0.4, 0.5) is 11.5 Å². The predicted molar refractivity (Wildman–Crippen MR) is 102 cm³/mol. The van der Waals surface area contributed by atoms with E-state index in [9.17, 15) is 8.42 Å². The third kappa shape index (κ3) is 3.71. The summed E-state index contributed by atoms with van der Waals surface area (Å²) in [6.45, 7) is 4.38. The largest absolute Gasteiger partial charge is 0.398 e. The minimum Gasteiger partial charge on any atom is -0.398 e. The average molecular weight is 374 g/mol. The molecular formula is C18H22N4O3S. The lowest BCUT2D eigenvalue weighted by Crippen LogP contribution is -2.36. The highest BCUT2D eigenvalue weighted by Crippen LogP contribution is 2.23. The molecule has 1 aromatic carbocycles. The lowest BCUT2D eigenvalue weighted by atomic mass is 10.0. The first-order valence-corrected chi connectivity index (χ1v) is 10.1. The lowest BCUT2D eigenvalue weighted by Gasteiger charge is -2.28. The van der Waals surface area contributed by atoms with Crippen LogP contribution >= 0.6 is 0 Å². The van der Waals surface area contributed by atoms with Crippen molar-refractivity contribution in [1.29, 1.82) is 5.41 Å². The standard InChI is InChI=1S/C18H22N4O3S/c1-2-26(23,24)14-3-4-16(19)15(12-14)18(20)13-5-6-21-17(11-13)22-7-9-25-10-8-22/h3-6,11-12,20H,2,7-10,19H2,1H3. The van der Waals surface area contributed by atoms with Crippen molar-refractivity contribution in [3.8, 4) is 0 Å². The minimum atomic E-state index is -3.37. The number of aromatic nitrogens is 1. The molecule has 0 aliphatic carbocycles. The molecule has 0 atom stereocenters. The number of ether oxygens (including phenoxy) is 1. The molecule has 0 unspecified atom stereocenters. The van der Waals surface area contributed by atoms with Gasteiger partial charge in [-0.05, 0) is 30.3 Å². The highest BCUT2D eigenvalue weighted by Gasteiger charge is 2.18. The van der Waals surface area contributed by atoms with Gasteiger partial charge >= 0.3 is 0 Å². The molecule has 1 fully saturated rings. The molecule has 0 bridgehead atoms. The van der Waals surface area contributed by atoms with Crippen molar-refractivity contribution in [3.63, 3.8) is 0 Å². The van der Waals surface area contributed by atoms with Gasteiger partial charge in [0.2, 0.25) is 0 Å². The number of hydrogen-bond donors (Lipinski definition) is 2. The van der Waals surface area contributed by atoms with Crippen LogP contribution < -0.4 is 10.6 Å². The average Bonchev–Trinajstić information content (AvgIpc) is 2.68. The van der Waals surface area contributed by atoms with Gasteiger partial charge in [0.1, 0.15) is 5.82 Å². The van der Waals surface area contributed by atoms with Crippen molar-refractivity contribution in [2.45, 2.75) is 11.8 Å². The second-order valence-corrected chi connectivity index (χ2v) is 8.31. The molecule has 0 amide bonds. The van der Waals surface area contributed by atoms with E-state index in [-0.39, 0.29) is 16.4 Å². The van der Waals surface area contributed by atoms with Crippen molar-refractivity contribution in [1.82, 2.24) is 4.98 Å². The highest BCUT2D eigenvalue weighted by molar-refractivity contribution is 7.91. The first-order chi connectivity index (χ1) is 12.4. The predicted octanol–water partition coefficient (Wildman–Crippen LogP) is 1.71. The van der Waals surface area contributed by atoms with E-state index < -0.39 is 9.84 Å². The molecule has 1 aliphatic rings. The first-order valence-electron chi connectivity index (χ1n) is 8.42. The molecule has 2 heterocycles. The fraction of sp³-hybridized carbons (Fsp3) is 0.333. The Morgan fingerprint density at radius 3 is 2.69 bits per heavy atom. The van der Waals surface area contributed by atoms with Crippen molar-refractivity contribution in [3.05, 3.63) is 47.7 Å². The Balaban J connectivity index is 1.96. The Morgan fingerprint density at radius 1 is 1.27 bits per heavy atom. The van der Waals surface area contributed by atoms with Crippen LogP contribution in [0.5, 0.6) is 0 Å². The van der Waals surface area contributed by atoms with Crippen molar-refractivity contribution in [2.75, 3.05) is 42.7 Å². The number of nitrogen functional groups attached to an aromatic ring is 1. The van der Waals surface area contributed by atoms with E-state index in [0.29, 0.717) is 30.0 Å². The Morgan fingerprint density at radius 2 is 2.00 bits per heavy atom. The number of rotatable bonds is 5. The maximum Gasteiger partial charge on any atom is 0.178 e. The molecule has 0 saturated carbocycles. The number of anilines is 2. The molecule has 1 aliphatic heterocycles. The molecule has 3 rings (SSSR count). The van der Waals surface area contributed by atoms with Gasteiger partial charge in [0.15, 0.2) is 9.84 Å². The number of hydrogen-bond acceptors (Lipinski definition) is 7. The quantitative estimate of drug-likeness (QED) is 0.609. The molecule has 0 spiro atoms. The summed E-state index contributed by atoms with van der Waals surface area (Å²) in [6, 6.07) is 8.05. The maximum absolute atomic E-state index is 12.1. The Labute approximate surface area is 153 Å². The van der Waals surface area contributed by atoms with E-state index in [0.717, 1.165) is 18.9 Å². The summed E-state index contributed by atoms with van der Waals surface area (Å²) in [5.41, 5.74) is 7.60. The van der Waals surface area contributed by atoms with Gasteiger partial charge in [0.25, 0.3) is 0 Å². The maximum atomic E-state index is 12.1. The summed E-state index contributed by atoms with van der Waals surface area (Å²) in [4.78, 5) is 6.65. The number of benzene rings is 1. The third-order valence-electron chi connectivity index (χ3n) is 4.40. The fourth-order valence-corrected chi connectivity index (χ4v) is 3.71. The topological polar surface area (TPSA) is 109 Å². The van der Waals surface area contributed by atoms with Gasteiger partial charge in [-0.1, -0.05) is 6.92 Å². The van der Waals surface area contributed by atoms with Gasteiger partial charge in [-0.2, -0.15) is 0 Å². The second-order valence-electron chi connectivity index (χ2n) is 6.03. The van der Waals surface area contributed by atoms with E-state index in [1.54, 1.807) is 19.2 Å². The van der Waals surface area contributed by atoms with Gasteiger partial charge in [-0.15, -0.1) is 0 Å². The van der Waals surface area contributed by atoms with E-state index >= 15 is 0 Å². The molecule has 26 heavy (non-hydrogen) atoms. The molecule has 3 N–H and O–H groups in total. The van der Waals surface area contributed by atoms with Crippen molar-refractivity contribution >= 4 is 27.1 Å². The SMILES string of the molecule is CCS(=O)(=O)c1ccc(N)c(C(=N)c2ccnc(N3CCOCC3)c2)c1. The lowest BCUT2D eigenvalue weighted by molar-refractivity contribution is 0.122. The molecule has 138 valence electrons. The van der Waals surface area contributed by atoms with Crippen LogP contribution in [-0.2, 0) is 14.6 Å². The van der Waals surface area contributed by atoms with Crippen LogP contribution in [0.3, 0.4) is 0 Å². The molecule has 1 aromatic heterocycles. The van der Waals surface area contributed by atoms with E-state index in [2.05, 4.69) is 9.88 Å². The Kier molecular flexibility index (Phi) is 5.24. The van der Waals surface area contributed by atoms with Gasteiger partial charge in [-0.3, -0.25) is 5.41 Å². The monoisotopic (exact) mass is 374 g/mol. The zero-order valence-corrected chi connectivity index (χ0v) is 15.4. The highest BCUT2D eigenvalue weighted by atomic mass is 32.2. The van der Waals surface area contributed by atoms with E-state index in [1.165, 1.54) is 18.2 Å². The van der Waals surface area contributed by atoms with Crippen LogP contribution in [0.2, 0.25) is 0 Å². The van der Waals surface area contributed by atoms with Crippen LogP contribution in [-0.4, -0.2) is 51.2 Å². The summed E-state index contributed by atoms with van der Waals surface area (Å²) < 4.78 is 29.6. The number of nitrogens with two attached hydrogens (primary N) is 1. The van der Waals surface area contributed by atoms with Gasteiger partial charge in [0.05, 0.1) is 29.6 Å². The normalized spacial score (nSPS) is 15.0. The number of sulfone groups is 1. The second kappa shape index (κ2) is 7.43. The summed E-state index contributed by atoms with van der Waals surface area (Å²) in [5.74, 6) is 0.770. The molecule has 1 saturated heterocycles.